The summed E-state index contributed by atoms with van der Waals surface area (Å²) in [7, 11) is 1.81. The zero-order valence-electron chi connectivity index (χ0n) is 12.9. The second-order valence-corrected chi connectivity index (χ2v) is 6.65. The molecule has 0 radical (unpaired) electrons. The number of ether oxygens (including phenoxy) is 1. The van der Waals surface area contributed by atoms with E-state index in [4.69, 9.17) is 4.74 Å². The summed E-state index contributed by atoms with van der Waals surface area (Å²) in [6.45, 7) is 4.69. The number of hydrogen-bond acceptors (Lipinski definition) is 2. The van der Waals surface area contributed by atoms with Crippen LogP contribution in [-0.2, 0) is 4.74 Å². The molecule has 0 aromatic heterocycles. The number of rotatable bonds is 4. The third kappa shape index (κ3) is 5.43. The second-order valence-electron chi connectivity index (χ2n) is 6.65. The van der Waals surface area contributed by atoms with Crippen molar-refractivity contribution in [1.29, 1.82) is 0 Å². The molecular formula is C17H33NO. The van der Waals surface area contributed by atoms with Crippen LogP contribution in [0.2, 0.25) is 0 Å². The van der Waals surface area contributed by atoms with E-state index in [1.165, 1.54) is 77.3 Å². The first-order chi connectivity index (χ1) is 9.40. The van der Waals surface area contributed by atoms with Crippen LogP contribution in [0.3, 0.4) is 0 Å². The van der Waals surface area contributed by atoms with Gasteiger partial charge >= 0.3 is 0 Å². The molecule has 0 bridgehead atoms. The molecule has 1 atom stereocenters. The lowest BCUT2D eigenvalue weighted by Crippen LogP contribution is -2.26. The Balaban J connectivity index is 1.74. The molecule has 2 aliphatic rings. The van der Waals surface area contributed by atoms with Crippen LogP contribution in [0.25, 0.3) is 0 Å². The SMILES string of the molecule is COCCN1CCC(C2CCCCCCCCC2)C1. The number of likely N-dealkylation sites (tertiary alicyclic amines) is 1. The summed E-state index contributed by atoms with van der Waals surface area (Å²) >= 11 is 0. The van der Waals surface area contributed by atoms with Gasteiger partial charge < -0.3 is 9.64 Å². The van der Waals surface area contributed by atoms with Crippen molar-refractivity contribution in [2.75, 3.05) is 33.4 Å². The van der Waals surface area contributed by atoms with Crippen molar-refractivity contribution in [3.05, 3.63) is 0 Å². The highest BCUT2D eigenvalue weighted by Crippen LogP contribution is 2.32. The van der Waals surface area contributed by atoms with Gasteiger partial charge in [0, 0.05) is 20.2 Å². The topological polar surface area (TPSA) is 12.5 Å². The lowest BCUT2D eigenvalue weighted by atomic mass is 9.82. The van der Waals surface area contributed by atoms with Gasteiger partial charge in [-0.25, -0.2) is 0 Å². The van der Waals surface area contributed by atoms with E-state index in [-0.39, 0.29) is 0 Å². The van der Waals surface area contributed by atoms with Gasteiger partial charge in [-0.15, -0.1) is 0 Å². The van der Waals surface area contributed by atoms with Crippen molar-refractivity contribution in [2.45, 2.75) is 64.2 Å². The van der Waals surface area contributed by atoms with Crippen LogP contribution in [0, 0.1) is 11.8 Å². The minimum absolute atomic E-state index is 0.900. The van der Waals surface area contributed by atoms with Crippen molar-refractivity contribution in [1.82, 2.24) is 4.90 Å². The number of nitrogens with zero attached hydrogens (tertiary/aromatic N) is 1. The minimum atomic E-state index is 0.900. The van der Waals surface area contributed by atoms with E-state index in [1.54, 1.807) is 0 Å². The van der Waals surface area contributed by atoms with Crippen molar-refractivity contribution < 1.29 is 4.74 Å². The van der Waals surface area contributed by atoms with Gasteiger partial charge in [0.2, 0.25) is 0 Å². The van der Waals surface area contributed by atoms with E-state index < -0.39 is 0 Å². The fourth-order valence-electron chi connectivity index (χ4n) is 3.98. The van der Waals surface area contributed by atoms with Gasteiger partial charge in [0.1, 0.15) is 0 Å². The highest BCUT2D eigenvalue weighted by Gasteiger charge is 2.28. The highest BCUT2D eigenvalue weighted by atomic mass is 16.5. The van der Waals surface area contributed by atoms with Crippen molar-refractivity contribution in [3.63, 3.8) is 0 Å². The van der Waals surface area contributed by atoms with Crippen molar-refractivity contribution in [3.8, 4) is 0 Å². The molecule has 2 nitrogen and oxygen atoms in total. The maximum absolute atomic E-state index is 5.21. The zero-order chi connectivity index (χ0) is 13.3. The zero-order valence-corrected chi connectivity index (χ0v) is 12.9. The standard InChI is InChI=1S/C17H33NO/c1-19-14-13-18-12-11-17(15-18)16-9-7-5-3-2-4-6-8-10-16/h16-17H,2-15H2,1H3. The van der Waals surface area contributed by atoms with E-state index in [1.807, 2.05) is 7.11 Å². The van der Waals surface area contributed by atoms with Crippen LogP contribution in [-0.4, -0.2) is 38.3 Å². The van der Waals surface area contributed by atoms with Crippen LogP contribution in [0.1, 0.15) is 64.2 Å². The van der Waals surface area contributed by atoms with Crippen LogP contribution in [0.4, 0.5) is 0 Å². The first-order valence-corrected chi connectivity index (χ1v) is 8.61. The smallest absolute Gasteiger partial charge is 0.0589 e. The van der Waals surface area contributed by atoms with E-state index >= 15 is 0 Å². The summed E-state index contributed by atoms with van der Waals surface area (Å²) in [6, 6.07) is 0. The molecule has 2 heteroatoms. The normalized spacial score (nSPS) is 28.6. The molecule has 1 saturated carbocycles. The molecule has 1 unspecified atom stereocenters. The molecule has 2 rings (SSSR count). The second kappa shape index (κ2) is 8.97. The monoisotopic (exact) mass is 267 g/mol. The Morgan fingerprint density at radius 2 is 1.47 bits per heavy atom. The quantitative estimate of drug-likeness (QED) is 0.760. The molecule has 1 heterocycles. The van der Waals surface area contributed by atoms with Gasteiger partial charge in [-0.3, -0.25) is 0 Å². The average molecular weight is 267 g/mol. The molecule has 0 aromatic rings. The van der Waals surface area contributed by atoms with Gasteiger partial charge in [-0.1, -0.05) is 57.8 Å². The Bertz CT molecular complexity index is 221. The van der Waals surface area contributed by atoms with Crippen LogP contribution in [0.15, 0.2) is 0 Å². The third-order valence-electron chi connectivity index (χ3n) is 5.24. The Morgan fingerprint density at radius 3 is 2.11 bits per heavy atom. The molecule has 0 N–H and O–H groups in total. The summed E-state index contributed by atoms with van der Waals surface area (Å²) in [6.07, 6.45) is 14.8. The molecule has 2 fully saturated rings. The summed E-state index contributed by atoms with van der Waals surface area (Å²) in [5, 5.41) is 0. The minimum Gasteiger partial charge on any atom is -0.383 e. The Morgan fingerprint density at radius 1 is 0.842 bits per heavy atom. The first-order valence-electron chi connectivity index (χ1n) is 8.61. The molecular weight excluding hydrogens is 234 g/mol. The fourth-order valence-corrected chi connectivity index (χ4v) is 3.98. The number of hydrogen-bond donors (Lipinski definition) is 0. The molecule has 1 saturated heterocycles. The number of methoxy groups -OCH3 is 1. The highest BCUT2D eigenvalue weighted by molar-refractivity contribution is 4.81. The average Bonchev–Trinajstić information content (AvgIpc) is 2.91. The van der Waals surface area contributed by atoms with Gasteiger partial charge in [0.15, 0.2) is 0 Å². The molecule has 19 heavy (non-hydrogen) atoms. The molecule has 0 amide bonds. The molecule has 0 spiro atoms. The van der Waals surface area contributed by atoms with Gasteiger partial charge in [0.25, 0.3) is 0 Å². The van der Waals surface area contributed by atoms with E-state index in [0.717, 1.165) is 25.0 Å². The molecule has 112 valence electrons. The fraction of sp³-hybridized carbons (Fsp3) is 1.00. The largest absolute Gasteiger partial charge is 0.383 e. The van der Waals surface area contributed by atoms with E-state index in [9.17, 15) is 0 Å². The predicted molar refractivity (Wildman–Crippen MR) is 81.5 cm³/mol. The molecule has 0 aromatic carbocycles. The van der Waals surface area contributed by atoms with Crippen molar-refractivity contribution in [2.24, 2.45) is 11.8 Å². The van der Waals surface area contributed by atoms with Gasteiger partial charge in [-0.05, 0) is 24.8 Å². The third-order valence-corrected chi connectivity index (χ3v) is 5.24. The van der Waals surface area contributed by atoms with Gasteiger partial charge in [0.05, 0.1) is 6.61 Å². The molecule has 1 aliphatic heterocycles. The Labute approximate surface area is 119 Å². The van der Waals surface area contributed by atoms with Gasteiger partial charge in [-0.2, -0.15) is 0 Å². The lowest BCUT2D eigenvalue weighted by Gasteiger charge is -2.25. The summed E-state index contributed by atoms with van der Waals surface area (Å²) in [5.74, 6) is 2.00. The first kappa shape index (κ1) is 15.3. The predicted octanol–water partition coefficient (Wildman–Crippen LogP) is 4.10. The Hall–Kier alpha value is -0.0800. The van der Waals surface area contributed by atoms with Crippen LogP contribution < -0.4 is 0 Å². The van der Waals surface area contributed by atoms with Crippen molar-refractivity contribution >= 4 is 0 Å². The summed E-state index contributed by atoms with van der Waals surface area (Å²) in [5.41, 5.74) is 0. The maximum Gasteiger partial charge on any atom is 0.0589 e. The molecule has 1 aliphatic carbocycles. The van der Waals surface area contributed by atoms with E-state index in [2.05, 4.69) is 4.90 Å². The van der Waals surface area contributed by atoms with Crippen LogP contribution in [0.5, 0.6) is 0 Å². The Kier molecular flexibility index (Phi) is 7.23. The lowest BCUT2D eigenvalue weighted by molar-refractivity contribution is 0.155. The maximum atomic E-state index is 5.21. The summed E-state index contributed by atoms with van der Waals surface area (Å²) < 4.78 is 5.21. The van der Waals surface area contributed by atoms with E-state index in [0.29, 0.717) is 0 Å². The summed E-state index contributed by atoms with van der Waals surface area (Å²) in [4.78, 5) is 2.62. The van der Waals surface area contributed by atoms with Crippen LogP contribution >= 0.6 is 0 Å².